The van der Waals surface area contributed by atoms with Crippen LogP contribution in [0.15, 0.2) is 0 Å². The van der Waals surface area contributed by atoms with Crippen molar-refractivity contribution >= 4 is 15.3 Å². The van der Waals surface area contributed by atoms with Crippen LogP contribution in [-0.2, 0) is 4.52 Å². The van der Waals surface area contributed by atoms with Gasteiger partial charge in [0, 0.05) is 0 Å². The Balaban J connectivity index is 3.40. The predicted octanol–water partition coefficient (Wildman–Crippen LogP) is -1.40. The standard InChI is InChI=1S/C3H9NO4P2/c4-2-1-3-8-10(7)9(5)6/h1-4H2,(H,5,6). The molecular formula is C3H9NO4P2. The highest BCUT2D eigenvalue weighted by atomic mass is 31.8. The molecule has 7 heteroatoms. The van der Waals surface area contributed by atoms with Crippen LogP contribution >= 0.6 is 15.3 Å². The second kappa shape index (κ2) is 6.13. The summed E-state index contributed by atoms with van der Waals surface area (Å²) in [5, 5.41) is 0. The lowest BCUT2D eigenvalue weighted by Gasteiger charge is -1.91. The second-order valence-corrected chi connectivity index (χ2v) is 4.71. The van der Waals surface area contributed by atoms with Crippen LogP contribution in [0.4, 0.5) is 0 Å². The molecule has 3 N–H and O–H groups in total. The molecule has 0 aliphatic rings. The molecule has 0 saturated carbocycles. The van der Waals surface area contributed by atoms with Crippen molar-refractivity contribution in [3.8, 4) is 0 Å². The number of hydrogen-bond donors (Lipinski definition) is 2. The Kier molecular flexibility index (Phi) is 6.38. The van der Waals surface area contributed by atoms with Gasteiger partial charge in [0.2, 0.25) is 0 Å². The minimum absolute atomic E-state index is 0.174. The first-order valence-corrected chi connectivity index (χ1v) is 5.74. The van der Waals surface area contributed by atoms with Gasteiger partial charge in [-0.3, -0.25) is 0 Å². The minimum atomic E-state index is -2.68. The Morgan fingerprint density at radius 3 is 2.50 bits per heavy atom. The highest BCUT2D eigenvalue weighted by molar-refractivity contribution is 7.90. The summed E-state index contributed by atoms with van der Waals surface area (Å²) in [6, 6.07) is 0. The fourth-order valence-corrected chi connectivity index (χ4v) is 1.20. The van der Waals surface area contributed by atoms with Crippen molar-refractivity contribution in [3.05, 3.63) is 0 Å². The molecule has 60 valence electrons. The van der Waals surface area contributed by atoms with Crippen molar-refractivity contribution in [2.45, 2.75) is 6.42 Å². The quantitative estimate of drug-likeness (QED) is 0.414. The van der Waals surface area contributed by atoms with E-state index in [2.05, 4.69) is 4.52 Å². The second-order valence-electron chi connectivity index (χ2n) is 1.47. The molecule has 0 amide bonds. The van der Waals surface area contributed by atoms with Gasteiger partial charge >= 0.3 is 15.3 Å². The molecule has 0 saturated heterocycles. The van der Waals surface area contributed by atoms with Gasteiger partial charge in [0.15, 0.2) is 0 Å². The summed E-state index contributed by atoms with van der Waals surface area (Å²) in [6.45, 7) is 0.596. The molecule has 2 unspecified atom stereocenters. The Morgan fingerprint density at radius 1 is 1.50 bits per heavy atom. The van der Waals surface area contributed by atoms with Crippen molar-refractivity contribution in [1.82, 2.24) is 0 Å². The SMILES string of the molecule is NCCCO[P+]([O-])=[P+]([O-])O. The molecule has 0 bridgehead atoms. The van der Waals surface area contributed by atoms with E-state index in [-0.39, 0.29) is 6.61 Å². The average molecular weight is 185 g/mol. The van der Waals surface area contributed by atoms with E-state index in [1.807, 2.05) is 0 Å². The topological polar surface area (TPSA) is 102 Å². The summed E-state index contributed by atoms with van der Waals surface area (Å²) in [5.41, 5.74) is 5.08. The Morgan fingerprint density at radius 2 is 2.10 bits per heavy atom. The summed E-state index contributed by atoms with van der Waals surface area (Å²) >= 11 is 0. The first kappa shape index (κ1) is 10.4. The molecule has 0 radical (unpaired) electrons. The molecule has 0 spiro atoms. The molecule has 0 aromatic heterocycles. The zero-order chi connectivity index (χ0) is 7.98. The Labute approximate surface area is 60.7 Å². The van der Waals surface area contributed by atoms with Gasteiger partial charge < -0.3 is 15.5 Å². The molecular weight excluding hydrogens is 176 g/mol. The molecule has 0 rings (SSSR count). The fourth-order valence-electron chi connectivity index (χ4n) is 0.275. The third kappa shape index (κ3) is 5.21. The van der Waals surface area contributed by atoms with Gasteiger partial charge in [-0.05, 0) is 13.0 Å². The van der Waals surface area contributed by atoms with Crippen LogP contribution in [-0.4, -0.2) is 18.0 Å². The van der Waals surface area contributed by atoms with E-state index in [9.17, 15) is 9.79 Å². The lowest BCUT2D eigenvalue weighted by molar-refractivity contribution is -0.188. The first-order valence-electron chi connectivity index (χ1n) is 2.64. The molecule has 0 aliphatic carbocycles. The van der Waals surface area contributed by atoms with Crippen molar-refractivity contribution < 1.29 is 19.2 Å². The van der Waals surface area contributed by atoms with Gasteiger partial charge in [0.1, 0.15) is 6.61 Å². The summed E-state index contributed by atoms with van der Waals surface area (Å²) in [6.07, 6.45) is 0.546. The van der Waals surface area contributed by atoms with Crippen LogP contribution in [0.25, 0.3) is 0 Å². The van der Waals surface area contributed by atoms with E-state index in [0.717, 1.165) is 0 Å². The van der Waals surface area contributed by atoms with Crippen molar-refractivity contribution in [3.63, 3.8) is 0 Å². The van der Waals surface area contributed by atoms with Gasteiger partial charge in [-0.2, -0.15) is 4.89 Å². The molecule has 0 aliphatic heterocycles. The lowest BCUT2D eigenvalue weighted by atomic mass is 10.5. The highest BCUT2D eigenvalue weighted by Gasteiger charge is 2.10. The van der Waals surface area contributed by atoms with Crippen LogP contribution in [0, 0.1) is 0 Å². The molecule has 0 fully saturated rings. The van der Waals surface area contributed by atoms with Gasteiger partial charge in [-0.25, -0.2) is 0 Å². The molecule has 5 nitrogen and oxygen atoms in total. The summed E-state index contributed by atoms with van der Waals surface area (Å²) in [4.78, 5) is 28.6. The summed E-state index contributed by atoms with van der Waals surface area (Å²) in [5.74, 6) is 0. The highest BCUT2D eigenvalue weighted by Crippen LogP contribution is 2.32. The van der Waals surface area contributed by atoms with Gasteiger partial charge in [-0.15, -0.1) is 4.52 Å². The Hall–Kier alpha value is 0.400. The van der Waals surface area contributed by atoms with Crippen molar-refractivity contribution in [2.75, 3.05) is 13.2 Å². The van der Waals surface area contributed by atoms with Crippen LogP contribution in [0.5, 0.6) is 0 Å². The molecule has 0 aromatic carbocycles. The van der Waals surface area contributed by atoms with Crippen LogP contribution < -0.4 is 15.5 Å². The molecule has 0 aromatic rings. The van der Waals surface area contributed by atoms with Gasteiger partial charge in [0.25, 0.3) is 0 Å². The number of rotatable bonds is 4. The lowest BCUT2D eigenvalue weighted by Crippen LogP contribution is -2.04. The summed E-state index contributed by atoms with van der Waals surface area (Å²) < 4.78 is 4.44. The van der Waals surface area contributed by atoms with E-state index < -0.39 is 15.3 Å². The minimum Gasteiger partial charge on any atom is -0.566 e. The number of hydrogen-bond acceptors (Lipinski definition) is 4. The molecule has 0 heterocycles. The van der Waals surface area contributed by atoms with Gasteiger partial charge in [0.05, 0.1) is 0 Å². The van der Waals surface area contributed by atoms with E-state index in [1.165, 1.54) is 0 Å². The van der Waals surface area contributed by atoms with Crippen molar-refractivity contribution in [1.29, 1.82) is 0 Å². The van der Waals surface area contributed by atoms with Crippen LogP contribution in [0.1, 0.15) is 6.42 Å². The largest absolute Gasteiger partial charge is 0.566 e. The third-order valence-corrected chi connectivity index (χ3v) is 2.56. The number of nitrogens with two attached hydrogens (primary N) is 1. The maximum atomic E-state index is 10.4. The zero-order valence-corrected chi connectivity index (χ0v) is 7.05. The smallest absolute Gasteiger partial charge is 0.450 e. The average Bonchev–Trinajstić information content (AvgIpc) is 1.88. The maximum absolute atomic E-state index is 10.4. The van der Waals surface area contributed by atoms with Crippen LogP contribution in [0.3, 0.4) is 0 Å². The monoisotopic (exact) mass is 185 g/mol. The summed E-state index contributed by atoms with van der Waals surface area (Å²) in [7, 11) is -5.07. The molecule has 2 atom stereocenters. The van der Waals surface area contributed by atoms with Gasteiger partial charge in [-0.1, -0.05) is 0 Å². The van der Waals surface area contributed by atoms with Crippen molar-refractivity contribution in [2.24, 2.45) is 5.73 Å². The first-order chi connectivity index (χ1) is 4.68. The third-order valence-electron chi connectivity index (χ3n) is 0.690. The Bertz CT molecular complexity index is 124. The molecule has 10 heavy (non-hydrogen) atoms. The normalized spacial score (nSPS) is 13.2. The zero-order valence-electron chi connectivity index (χ0n) is 5.27. The van der Waals surface area contributed by atoms with E-state index in [4.69, 9.17) is 10.6 Å². The fraction of sp³-hybridized carbons (Fsp3) is 1.00. The van der Waals surface area contributed by atoms with Crippen LogP contribution in [0.2, 0.25) is 0 Å². The van der Waals surface area contributed by atoms with E-state index in [1.54, 1.807) is 0 Å². The van der Waals surface area contributed by atoms with E-state index in [0.29, 0.717) is 13.0 Å². The maximum Gasteiger partial charge on any atom is 0.450 e. The predicted molar refractivity (Wildman–Crippen MR) is 35.7 cm³/mol. The van der Waals surface area contributed by atoms with E-state index >= 15 is 0 Å².